The molecule has 22 heteroatoms. The Morgan fingerprint density at radius 1 is 1.00 bits per heavy atom. The number of aliphatic hydroxyl groups is 1. The van der Waals surface area contributed by atoms with Crippen molar-refractivity contribution >= 4 is 45.7 Å². The van der Waals surface area contributed by atoms with Gasteiger partial charge in [-0.1, -0.05) is 18.2 Å². The first kappa shape index (κ1) is 40.5. The average molecular weight is 724 g/mol. The van der Waals surface area contributed by atoms with Crippen LogP contribution in [0.1, 0.15) is 48.0 Å². The van der Waals surface area contributed by atoms with Crippen LogP contribution in [0.2, 0.25) is 0 Å². The molecule has 3 rings (SSSR count). The van der Waals surface area contributed by atoms with Crippen molar-refractivity contribution in [1.82, 2.24) is 25.2 Å². The van der Waals surface area contributed by atoms with Crippen LogP contribution in [0.15, 0.2) is 24.3 Å². The van der Waals surface area contributed by atoms with E-state index in [-0.39, 0.29) is 35.4 Å². The van der Waals surface area contributed by atoms with E-state index in [1.54, 1.807) is 4.90 Å². The zero-order chi connectivity index (χ0) is 37.1. The molecular weight excluding hydrogens is 683 g/mol. The van der Waals surface area contributed by atoms with E-state index < -0.39 is 70.6 Å². The first-order valence-electron chi connectivity index (χ1n) is 14.8. The number of aromatic carboxylic acids is 1. The third-order valence-electron chi connectivity index (χ3n) is 7.67. The highest BCUT2D eigenvalue weighted by Crippen LogP contribution is 2.23. The number of amides is 2. The van der Waals surface area contributed by atoms with Gasteiger partial charge in [0.1, 0.15) is 12.3 Å². The Labute approximate surface area is 279 Å². The van der Waals surface area contributed by atoms with Crippen LogP contribution in [0.4, 0.5) is 13.2 Å². The van der Waals surface area contributed by atoms with Gasteiger partial charge in [-0.05, 0) is 49.7 Å². The second kappa shape index (κ2) is 17.6. The first-order valence-corrected chi connectivity index (χ1v) is 16.4. The molecule has 1 unspecified atom stereocenters. The summed E-state index contributed by atoms with van der Waals surface area (Å²) >= 11 is 0. The number of carbonyl (C=O) groups excluding carboxylic acids is 2. The van der Waals surface area contributed by atoms with Gasteiger partial charge in [-0.15, -0.1) is 0 Å². The summed E-state index contributed by atoms with van der Waals surface area (Å²) in [5.41, 5.74) is 10.9. The zero-order valence-corrected chi connectivity index (χ0v) is 26.9. The number of hydrogen-bond donors (Lipinski definition) is 10. The molecule has 2 heterocycles. The number of aliphatic carboxylic acids is 1. The molecule has 2 saturated heterocycles. The first-order chi connectivity index (χ1) is 22.7. The number of aliphatic hydroxyl groups excluding tert-OH is 1. The number of guanidine groups is 2. The van der Waals surface area contributed by atoms with Crippen molar-refractivity contribution in [3.8, 4) is 0 Å². The van der Waals surface area contributed by atoms with Crippen molar-refractivity contribution in [2.24, 2.45) is 17.4 Å². The minimum atomic E-state index is -5.08. The number of hydrogen-bond acceptors (Lipinski definition) is 9. The molecule has 0 aliphatic carbocycles. The summed E-state index contributed by atoms with van der Waals surface area (Å²) in [7, 11) is -4.20. The van der Waals surface area contributed by atoms with Crippen molar-refractivity contribution in [2.45, 2.75) is 62.3 Å². The van der Waals surface area contributed by atoms with E-state index in [1.807, 2.05) is 0 Å². The van der Waals surface area contributed by atoms with Crippen molar-refractivity contribution < 1.29 is 56.1 Å². The van der Waals surface area contributed by atoms with E-state index >= 15 is 0 Å². The van der Waals surface area contributed by atoms with E-state index in [1.165, 1.54) is 29.2 Å². The van der Waals surface area contributed by atoms with Crippen LogP contribution in [0.5, 0.6) is 0 Å². The monoisotopic (exact) mass is 723 g/mol. The number of carboxylic acid groups (broad SMARTS) is 2. The summed E-state index contributed by atoms with van der Waals surface area (Å²) in [5, 5.41) is 47.2. The summed E-state index contributed by atoms with van der Waals surface area (Å²) < 4.78 is 60.4. The highest BCUT2D eigenvalue weighted by atomic mass is 32.2. The normalized spacial score (nSPS) is 19.1. The van der Waals surface area contributed by atoms with Crippen molar-refractivity contribution in [3.63, 3.8) is 0 Å². The molecule has 49 heavy (non-hydrogen) atoms. The van der Waals surface area contributed by atoms with Gasteiger partial charge in [0, 0.05) is 19.6 Å². The highest BCUT2D eigenvalue weighted by molar-refractivity contribution is 7.88. The Bertz CT molecular complexity index is 1490. The molecule has 1 aromatic rings. The third kappa shape index (κ3) is 13.0. The summed E-state index contributed by atoms with van der Waals surface area (Å²) in [6, 6.07) is 3.68. The van der Waals surface area contributed by atoms with Gasteiger partial charge in [0.25, 0.3) is 0 Å². The Balaban J connectivity index is 0.00000107. The Morgan fingerprint density at radius 3 is 2.12 bits per heavy atom. The molecule has 3 atom stereocenters. The molecule has 2 aliphatic rings. The fourth-order valence-corrected chi connectivity index (χ4v) is 6.59. The van der Waals surface area contributed by atoms with Crippen LogP contribution in [-0.2, 0) is 30.2 Å². The Kier molecular flexibility index (Phi) is 14.6. The van der Waals surface area contributed by atoms with E-state index in [2.05, 4.69) is 15.4 Å². The van der Waals surface area contributed by atoms with E-state index in [4.69, 9.17) is 32.2 Å². The number of sulfonamides is 1. The second-order valence-electron chi connectivity index (χ2n) is 11.3. The van der Waals surface area contributed by atoms with Crippen LogP contribution in [0.3, 0.4) is 0 Å². The lowest BCUT2D eigenvalue weighted by atomic mass is 9.90. The minimum absolute atomic E-state index is 0.0523. The molecule has 0 radical (unpaired) electrons. The molecule has 2 aliphatic heterocycles. The average Bonchev–Trinajstić information content (AvgIpc) is 3.00. The molecule has 2 fully saturated rings. The van der Waals surface area contributed by atoms with Gasteiger partial charge in [0.05, 0.1) is 23.9 Å². The van der Waals surface area contributed by atoms with Gasteiger partial charge in [0.15, 0.2) is 11.9 Å². The fraction of sp³-hybridized carbons (Fsp3) is 0.556. The Hall–Kier alpha value is -4.70. The van der Waals surface area contributed by atoms with Crippen LogP contribution < -0.4 is 26.8 Å². The maximum absolute atomic E-state index is 13.2. The second-order valence-corrected chi connectivity index (χ2v) is 13.0. The predicted molar refractivity (Wildman–Crippen MR) is 166 cm³/mol. The van der Waals surface area contributed by atoms with E-state index in [0.29, 0.717) is 45.3 Å². The van der Waals surface area contributed by atoms with Gasteiger partial charge in [-0.25, -0.2) is 22.7 Å². The zero-order valence-electron chi connectivity index (χ0n) is 26.1. The molecule has 0 aromatic heterocycles. The van der Waals surface area contributed by atoms with Crippen molar-refractivity contribution in [2.75, 3.05) is 26.2 Å². The number of carbonyl (C=O) groups is 4. The highest BCUT2D eigenvalue weighted by Gasteiger charge is 2.38. The molecule has 1 aromatic carbocycles. The third-order valence-corrected chi connectivity index (χ3v) is 9.01. The quantitative estimate of drug-likeness (QED) is 0.0940. The molecule has 0 bridgehead atoms. The number of nitrogens with two attached hydrogens (primary N) is 2. The SMILES string of the molecule is N=C(N)N1CCC(C[C@@H](NS(=O)(=O)Cc2ccccc2C(=O)O)C(=O)NCC(=O)N[C@H]2CCCN(C(=N)N)C2O)CC1.O=C(O)C(F)(F)F. The number of alkyl halides is 3. The summed E-state index contributed by atoms with van der Waals surface area (Å²) in [6.45, 7) is 0.807. The van der Waals surface area contributed by atoms with Gasteiger partial charge in [-0.3, -0.25) is 20.4 Å². The summed E-state index contributed by atoms with van der Waals surface area (Å²) in [4.78, 5) is 49.2. The maximum Gasteiger partial charge on any atom is 0.490 e. The smallest absolute Gasteiger partial charge is 0.478 e. The van der Waals surface area contributed by atoms with Gasteiger partial charge < -0.3 is 47.2 Å². The predicted octanol–water partition coefficient (Wildman–Crippen LogP) is -1.29. The fourth-order valence-electron chi connectivity index (χ4n) is 5.21. The van der Waals surface area contributed by atoms with Crippen LogP contribution in [0, 0.1) is 16.7 Å². The maximum atomic E-state index is 13.2. The van der Waals surface area contributed by atoms with Crippen molar-refractivity contribution in [3.05, 3.63) is 35.4 Å². The van der Waals surface area contributed by atoms with Gasteiger partial charge in [-0.2, -0.15) is 13.2 Å². The number of benzene rings is 1. The number of carboxylic acids is 2. The lowest BCUT2D eigenvalue weighted by Crippen LogP contribution is -2.59. The largest absolute Gasteiger partial charge is 0.490 e. The molecule has 12 N–H and O–H groups in total. The molecular formula is C27H40F3N9O9S. The number of nitrogens with one attached hydrogen (secondary N) is 5. The van der Waals surface area contributed by atoms with Gasteiger partial charge in [0.2, 0.25) is 21.8 Å². The number of nitrogens with zero attached hydrogens (tertiary/aromatic N) is 2. The molecule has 274 valence electrons. The number of piperidine rings is 2. The van der Waals surface area contributed by atoms with Gasteiger partial charge >= 0.3 is 18.1 Å². The Morgan fingerprint density at radius 2 is 1.59 bits per heavy atom. The summed E-state index contributed by atoms with van der Waals surface area (Å²) in [5.74, 6) is -6.57. The van der Waals surface area contributed by atoms with Crippen LogP contribution in [-0.4, -0.2) is 120 Å². The lowest BCUT2D eigenvalue weighted by Gasteiger charge is -2.38. The number of likely N-dealkylation sites (tertiary alicyclic amines) is 2. The molecule has 18 nitrogen and oxygen atoms in total. The minimum Gasteiger partial charge on any atom is -0.478 e. The van der Waals surface area contributed by atoms with Crippen molar-refractivity contribution in [1.29, 1.82) is 10.8 Å². The number of halogens is 3. The van der Waals surface area contributed by atoms with E-state index in [9.17, 15) is 46.2 Å². The standard InChI is InChI=1S/C25H39N9O7S.C2HF3O2/c26-24(27)33-10-7-15(8-11-33)12-19(32-42(40,41)14-16-4-1-2-5-17(16)23(38)39)21(36)30-13-20(35)31-18-6-3-9-34(22(18)37)25(28)29;3-2(4,5)1(6)7/h1-2,4-5,15,18-19,22,32,37H,3,6-14H2,(H3,26,27)(H3,28,29)(H,30,36)(H,31,35)(H,38,39);(H,6,7)/t18-,19+,22?;/m0./s1. The molecule has 0 spiro atoms. The molecule has 2 amide bonds. The molecule has 0 saturated carbocycles. The number of rotatable bonds is 11. The van der Waals surface area contributed by atoms with Crippen LogP contribution in [0.25, 0.3) is 0 Å². The topological polar surface area (TPSA) is 305 Å². The van der Waals surface area contributed by atoms with Crippen LogP contribution >= 0.6 is 0 Å². The van der Waals surface area contributed by atoms with E-state index in [0.717, 1.165) is 0 Å². The summed E-state index contributed by atoms with van der Waals surface area (Å²) in [6.07, 6.45) is -4.06. The lowest BCUT2D eigenvalue weighted by molar-refractivity contribution is -0.192.